The molecule has 0 aliphatic carbocycles. The second-order valence-electron chi connectivity index (χ2n) is 22.6. The summed E-state index contributed by atoms with van der Waals surface area (Å²) in [5, 5.41) is 0. The molecule has 0 unspecified atom stereocenters. The lowest BCUT2D eigenvalue weighted by Crippen LogP contribution is -2.44. The van der Waals surface area contributed by atoms with E-state index in [9.17, 15) is 28.8 Å². The molecule has 5 aliphatic rings. The molecule has 5 rings (SSSR count). The Morgan fingerprint density at radius 2 is 0.610 bits per heavy atom. The number of rotatable bonds is 49. The highest BCUT2D eigenvalue weighted by atomic mass is 28.4. The molecule has 5 heterocycles. The van der Waals surface area contributed by atoms with E-state index in [0.717, 1.165) is 90.4 Å². The van der Waals surface area contributed by atoms with Crippen molar-refractivity contribution in [3.8, 4) is 0 Å². The monoisotopic (exact) mass is 1130 g/mol. The maximum absolute atomic E-state index is 12.8. The number of carbonyl (C=O) groups excluding carboxylic acids is 6. The molecule has 0 bridgehead atoms. The highest BCUT2D eigenvalue weighted by molar-refractivity contribution is 6.84. The Balaban J connectivity index is 0.985. The van der Waals surface area contributed by atoms with Gasteiger partial charge in [0.2, 0.25) is 0 Å². The Hall–Kier alpha value is -3.19. The van der Waals surface area contributed by atoms with E-state index >= 15 is 0 Å². The third-order valence-corrected chi connectivity index (χ3v) is 21.2. The van der Waals surface area contributed by atoms with Crippen molar-refractivity contribution < 1.29 is 80.3 Å². The van der Waals surface area contributed by atoms with Gasteiger partial charge in [0.15, 0.2) is 16.6 Å². The van der Waals surface area contributed by atoms with Crippen LogP contribution in [0.2, 0.25) is 38.3 Å². The summed E-state index contributed by atoms with van der Waals surface area (Å²) in [7, 11) is -4.07. The van der Waals surface area contributed by atoms with Crippen LogP contribution in [0.5, 0.6) is 0 Å². The largest absolute Gasteiger partial charge is 0.465 e. The van der Waals surface area contributed by atoms with Gasteiger partial charge >= 0.3 is 35.8 Å². The van der Waals surface area contributed by atoms with Crippen molar-refractivity contribution in [3.63, 3.8) is 0 Å². The van der Waals surface area contributed by atoms with Gasteiger partial charge in [-0.05, 0) is 51.1 Å². The van der Waals surface area contributed by atoms with Crippen LogP contribution in [-0.4, -0.2) is 274 Å². The molecular weight excluding hydrogens is 1040 g/mol. The normalized spacial score (nSPS) is 16.9. The molecule has 0 amide bonds. The van der Waals surface area contributed by atoms with Gasteiger partial charge in [-0.1, -0.05) is 0 Å². The molecule has 25 heteroatoms. The summed E-state index contributed by atoms with van der Waals surface area (Å²) in [6.45, 7) is 23.0. The van der Waals surface area contributed by atoms with Gasteiger partial charge in [0.1, 0.15) is 39.6 Å². The zero-order valence-corrected chi connectivity index (χ0v) is 49.0. The summed E-state index contributed by atoms with van der Waals surface area (Å²) >= 11 is 0. The zero-order chi connectivity index (χ0) is 55.4. The molecule has 5 saturated heterocycles. The minimum atomic E-state index is -2.03. The number of carbonyl (C=O) groups is 6. The van der Waals surface area contributed by atoms with Gasteiger partial charge in [0, 0.05) is 118 Å². The van der Waals surface area contributed by atoms with Crippen LogP contribution in [0.3, 0.4) is 0 Å². The summed E-state index contributed by atoms with van der Waals surface area (Å²) in [6.07, 6.45) is 2.82. The Bertz CT molecular complexity index is 1690. The fraction of sp³-hybridized carbons (Fsp3) is 0.885. The van der Waals surface area contributed by atoms with Crippen molar-refractivity contribution in [1.29, 1.82) is 0 Å². The number of hydrogen-bond donors (Lipinski definition) is 1. The number of esters is 6. The Morgan fingerprint density at radius 1 is 0.364 bits per heavy atom. The first-order chi connectivity index (χ1) is 36.9. The van der Waals surface area contributed by atoms with Gasteiger partial charge in [-0.3, -0.25) is 28.8 Å². The SMILES string of the molecule is C[Si](C)(CCCOCCOCC(COC(=O)CCN)(COC(=O)CCN1CC1)COC(=O)CCN1CC1)O[Si](C)(C)CCCOCCOCC(COC(=O)CCN1CC1)(COC(=O)CCN1CC1)COC(=O)CCN1CC1. The fourth-order valence-electron chi connectivity index (χ4n) is 8.24. The summed E-state index contributed by atoms with van der Waals surface area (Å²) in [4.78, 5) is 86.8. The van der Waals surface area contributed by atoms with E-state index in [0.29, 0.717) is 59.2 Å². The van der Waals surface area contributed by atoms with Crippen LogP contribution in [0.1, 0.15) is 51.4 Å². The summed E-state index contributed by atoms with van der Waals surface area (Å²) < 4.78 is 65.1. The first-order valence-corrected chi connectivity index (χ1v) is 34.4. The molecule has 77 heavy (non-hydrogen) atoms. The molecule has 0 atom stereocenters. The molecule has 0 aromatic rings. The third-order valence-electron chi connectivity index (χ3n) is 13.7. The van der Waals surface area contributed by atoms with Crippen molar-refractivity contribution in [2.24, 2.45) is 16.6 Å². The molecule has 0 aromatic heterocycles. The molecule has 0 radical (unpaired) electrons. The Morgan fingerprint density at radius 3 is 0.857 bits per heavy atom. The van der Waals surface area contributed by atoms with Crippen LogP contribution in [0.25, 0.3) is 0 Å². The number of ether oxygens (including phenoxy) is 10. The quantitative estimate of drug-likeness (QED) is 0.0297. The molecule has 442 valence electrons. The van der Waals surface area contributed by atoms with E-state index in [1.54, 1.807) is 0 Å². The second-order valence-corrected chi connectivity index (χ2v) is 31.5. The molecule has 5 aliphatic heterocycles. The molecule has 0 aromatic carbocycles. The van der Waals surface area contributed by atoms with Crippen LogP contribution in [-0.2, 0) is 80.3 Å². The van der Waals surface area contributed by atoms with Gasteiger partial charge in [-0.2, -0.15) is 0 Å². The number of hydrogen-bond acceptors (Lipinski definition) is 23. The minimum absolute atomic E-state index is 0.00451. The molecule has 2 N–H and O–H groups in total. The maximum atomic E-state index is 12.8. The molecule has 0 spiro atoms. The van der Waals surface area contributed by atoms with Gasteiger partial charge < -0.3 is 81.7 Å². The Kier molecular flexibility index (Phi) is 28.7. The standard InChI is InChI=1S/C52H94N6O17Si2/c1-76(2,35-5-29-65-31-33-67-37-51(39-69-45(59)7-13-53,40-70-46(60)8-14-54-19-20-54)41-71-47(61)9-15-55-21-22-55)75-77(3,4)36-6-30-66-32-34-68-38-52(42-72-48(62)10-16-56-23-24-56,43-73-49(63)11-17-57-25-26-57)44-74-50(64)12-18-58-27-28-58/h5-44,53H2,1-4H3. The van der Waals surface area contributed by atoms with E-state index in [2.05, 4.69) is 50.7 Å². The molecule has 0 saturated carbocycles. The van der Waals surface area contributed by atoms with E-state index < -0.39 is 45.4 Å². The summed E-state index contributed by atoms with van der Waals surface area (Å²) in [5.41, 5.74) is 3.36. The topological polar surface area (TPSA) is 245 Å². The predicted octanol–water partition coefficient (Wildman–Crippen LogP) is 1.37. The van der Waals surface area contributed by atoms with E-state index in [1.807, 2.05) is 0 Å². The van der Waals surface area contributed by atoms with Crippen LogP contribution < -0.4 is 5.73 Å². The predicted molar refractivity (Wildman–Crippen MR) is 288 cm³/mol. The first kappa shape index (κ1) is 64.6. The lowest BCUT2D eigenvalue weighted by molar-refractivity contribution is -0.170. The zero-order valence-electron chi connectivity index (χ0n) is 47.0. The second kappa shape index (κ2) is 34.2. The van der Waals surface area contributed by atoms with Crippen molar-refractivity contribution >= 4 is 52.5 Å². The average molecular weight is 1130 g/mol. The molecule has 5 fully saturated rings. The van der Waals surface area contributed by atoms with Crippen LogP contribution >= 0.6 is 0 Å². The Labute approximate surface area is 459 Å². The fourth-order valence-corrected chi connectivity index (χ4v) is 17.0. The average Bonchev–Trinajstić information content (AvgIpc) is 4.16. The maximum Gasteiger partial charge on any atom is 0.307 e. The summed E-state index contributed by atoms with van der Waals surface area (Å²) in [5.74, 6) is -2.40. The third kappa shape index (κ3) is 31.4. The van der Waals surface area contributed by atoms with Crippen molar-refractivity contribution in [2.45, 2.75) is 89.6 Å². The van der Waals surface area contributed by atoms with Crippen molar-refractivity contribution in [2.75, 3.05) is 197 Å². The van der Waals surface area contributed by atoms with Gasteiger partial charge in [-0.15, -0.1) is 0 Å². The van der Waals surface area contributed by atoms with Crippen molar-refractivity contribution in [3.05, 3.63) is 0 Å². The smallest absolute Gasteiger partial charge is 0.307 e. The van der Waals surface area contributed by atoms with Gasteiger partial charge in [-0.25, -0.2) is 0 Å². The van der Waals surface area contributed by atoms with Gasteiger partial charge in [0.05, 0.1) is 89.0 Å². The van der Waals surface area contributed by atoms with E-state index in [-0.39, 0.29) is 129 Å². The van der Waals surface area contributed by atoms with Crippen LogP contribution in [0.15, 0.2) is 0 Å². The number of nitrogens with zero attached hydrogens (tertiary/aromatic N) is 5. The number of nitrogens with two attached hydrogens (primary N) is 1. The van der Waals surface area contributed by atoms with Crippen LogP contribution in [0.4, 0.5) is 0 Å². The minimum Gasteiger partial charge on any atom is -0.465 e. The van der Waals surface area contributed by atoms with Crippen LogP contribution in [0, 0.1) is 10.8 Å². The summed E-state index contributed by atoms with van der Waals surface area (Å²) in [6, 6.07) is 1.83. The highest BCUT2D eigenvalue weighted by Crippen LogP contribution is 2.26. The first-order valence-electron chi connectivity index (χ1n) is 28.2. The van der Waals surface area contributed by atoms with E-state index in [4.69, 9.17) is 57.2 Å². The molecule has 23 nitrogen and oxygen atoms in total. The lowest BCUT2D eigenvalue weighted by Gasteiger charge is -2.34. The lowest BCUT2D eigenvalue weighted by atomic mass is 9.92. The molecular formula is C52H94N6O17Si2. The van der Waals surface area contributed by atoms with E-state index in [1.165, 1.54) is 0 Å². The van der Waals surface area contributed by atoms with Crippen molar-refractivity contribution in [1.82, 2.24) is 24.5 Å². The highest BCUT2D eigenvalue weighted by Gasteiger charge is 2.39. The van der Waals surface area contributed by atoms with Gasteiger partial charge in [0.25, 0.3) is 0 Å².